The molecule has 2 amide bonds. The number of hydrogen-bond acceptors (Lipinski definition) is 3. The summed E-state index contributed by atoms with van der Waals surface area (Å²) in [5.41, 5.74) is 1.80. The molecule has 3 rings (SSSR count). The maximum absolute atomic E-state index is 13.5. The summed E-state index contributed by atoms with van der Waals surface area (Å²) in [5.74, 6) is -0.462. The minimum atomic E-state index is -0.303. The molecule has 2 heterocycles. The molecule has 0 aliphatic carbocycles. The van der Waals surface area contributed by atoms with Gasteiger partial charge in [0.05, 0.1) is 6.04 Å². The van der Waals surface area contributed by atoms with Crippen molar-refractivity contribution in [3.05, 3.63) is 70.2 Å². The fourth-order valence-electron chi connectivity index (χ4n) is 3.82. The van der Waals surface area contributed by atoms with Crippen LogP contribution in [0.25, 0.3) is 0 Å². The van der Waals surface area contributed by atoms with Gasteiger partial charge < -0.3 is 9.80 Å². The number of hydrogen-bond donors (Lipinski definition) is 0. The summed E-state index contributed by atoms with van der Waals surface area (Å²) in [7, 11) is 0. The van der Waals surface area contributed by atoms with Gasteiger partial charge in [0, 0.05) is 24.4 Å². The van der Waals surface area contributed by atoms with Crippen LogP contribution in [-0.2, 0) is 16.0 Å². The Balaban J connectivity index is 1.86. The molecule has 1 aliphatic heterocycles. The predicted octanol–water partition coefficient (Wildman–Crippen LogP) is 4.81. The summed E-state index contributed by atoms with van der Waals surface area (Å²) in [6, 6.07) is 8.10. The van der Waals surface area contributed by atoms with Crippen molar-refractivity contribution >= 4 is 23.2 Å². The molecule has 0 radical (unpaired) electrons. The Morgan fingerprint density at radius 1 is 1.27 bits per heavy atom. The van der Waals surface area contributed by atoms with E-state index in [1.54, 1.807) is 34.4 Å². The number of nitrogens with zero attached hydrogens (tertiary/aromatic N) is 2. The number of fused-ring (bicyclic) bond motifs is 1. The van der Waals surface area contributed by atoms with Gasteiger partial charge in [0.1, 0.15) is 12.4 Å². The average molecular weight is 429 g/mol. The highest BCUT2D eigenvalue weighted by atomic mass is 32.1. The standard InChI is InChI=1S/C24H29FN2O2S/c1-5-12-26(21(28)15-24(2,3)4)16-22(29)27-13-10-20-19(11-14-30-20)23(27)17-6-8-18(25)9-7-17/h5-9,11,14,23H,1,10,12-13,15-16H2,2-4H3. The van der Waals surface area contributed by atoms with E-state index in [4.69, 9.17) is 0 Å². The smallest absolute Gasteiger partial charge is 0.243 e. The third-order valence-electron chi connectivity index (χ3n) is 5.18. The van der Waals surface area contributed by atoms with Crippen molar-refractivity contribution in [1.29, 1.82) is 0 Å². The second kappa shape index (κ2) is 9.13. The van der Waals surface area contributed by atoms with E-state index in [-0.39, 0.29) is 35.6 Å². The van der Waals surface area contributed by atoms with Crippen molar-refractivity contribution in [2.75, 3.05) is 19.6 Å². The molecule has 0 N–H and O–H groups in total. The van der Waals surface area contributed by atoms with Gasteiger partial charge in [-0.2, -0.15) is 0 Å². The lowest BCUT2D eigenvalue weighted by molar-refractivity contribution is -0.142. The van der Waals surface area contributed by atoms with E-state index in [1.165, 1.54) is 17.0 Å². The minimum absolute atomic E-state index is 0.0120. The van der Waals surface area contributed by atoms with E-state index in [0.717, 1.165) is 17.5 Å². The number of thiophene rings is 1. The van der Waals surface area contributed by atoms with Crippen LogP contribution in [0.5, 0.6) is 0 Å². The van der Waals surface area contributed by atoms with Crippen LogP contribution in [-0.4, -0.2) is 41.2 Å². The molecule has 1 atom stereocenters. The first-order valence-corrected chi connectivity index (χ1v) is 11.1. The third-order valence-corrected chi connectivity index (χ3v) is 6.18. The molecule has 0 fully saturated rings. The molecule has 30 heavy (non-hydrogen) atoms. The molecule has 1 aromatic heterocycles. The predicted molar refractivity (Wildman–Crippen MR) is 119 cm³/mol. The van der Waals surface area contributed by atoms with Crippen LogP contribution in [0.15, 0.2) is 48.4 Å². The van der Waals surface area contributed by atoms with Crippen molar-refractivity contribution in [2.24, 2.45) is 5.41 Å². The Morgan fingerprint density at radius 3 is 2.60 bits per heavy atom. The number of benzene rings is 1. The van der Waals surface area contributed by atoms with Gasteiger partial charge in [0.25, 0.3) is 0 Å². The maximum atomic E-state index is 13.5. The molecule has 160 valence electrons. The van der Waals surface area contributed by atoms with Gasteiger partial charge in [-0.3, -0.25) is 9.59 Å². The molecular weight excluding hydrogens is 399 g/mol. The fraction of sp³-hybridized carbons (Fsp3) is 0.417. The van der Waals surface area contributed by atoms with Crippen LogP contribution >= 0.6 is 11.3 Å². The molecule has 1 aromatic carbocycles. The molecule has 6 heteroatoms. The molecule has 2 aromatic rings. The van der Waals surface area contributed by atoms with Crippen molar-refractivity contribution in [2.45, 2.75) is 39.7 Å². The minimum Gasteiger partial charge on any atom is -0.330 e. The Kier molecular flexibility index (Phi) is 6.76. The van der Waals surface area contributed by atoms with E-state index in [1.807, 2.05) is 37.1 Å². The topological polar surface area (TPSA) is 40.6 Å². The summed E-state index contributed by atoms with van der Waals surface area (Å²) >= 11 is 1.68. The van der Waals surface area contributed by atoms with Crippen molar-refractivity contribution < 1.29 is 14.0 Å². The molecule has 0 spiro atoms. The largest absolute Gasteiger partial charge is 0.330 e. The zero-order chi connectivity index (χ0) is 21.9. The van der Waals surface area contributed by atoms with Crippen molar-refractivity contribution in [3.63, 3.8) is 0 Å². The highest BCUT2D eigenvalue weighted by Gasteiger charge is 2.34. The van der Waals surface area contributed by atoms with E-state index in [9.17, 15) is 14.0 Å². The van der Waals surface area contributed by atoms with Crippen LogP contribution in [0.2, 0.25) is 0 Å². The molecule has 4 nitrogen and oxygen atoms in total. The first-order chi connectivity index (χ1) is 14.2. The highest BCUT2D eigenvalue weighted by molar-refractivity contribution is 7.10. The van der Waals surface area contributed by atoms with Crippen LogP contribution in [0.1, 0.15) is 49.2 Å². The van der Waals surface area contributed by atoms with E-state index < -0.39 is 0 Å². The van der Waals surface area contributed by atoms with Crippen molar-refractivity contribution in [3.8, 4) is 0 Å². The number of carbonyl (C=O) groups is 2. The molecule has 1 unspecified atom stereocenters. The molecule has 0 bridgehead atoms. The highest BCUT2D eigenvalue weighted by Crippen LogP contribution is 2.38. The van der Waals surface area contributed by atoms with Gasteiger partial charge in [-0.25, -0.2) is 4.39 Å². The van der Waals surface area contributed by atoms with Crippen LogP contribution < -0.4 is 0 Å². The summed E-state index contributed by atoms with van der Waals surface area (Å²) in [5, 5.41) is 2.03. The molecule has 0 saturated heterocycles. The Bertz CT molecular complexity index is 914. The second-order valence-electron chi connectivity index (χ2n) is 8.89. The van der Waals surface area contributed by atoms with Gasteiger partial charge >= 0.3 is 0 Å². The second-order valence-corrected chi connectivity index (χ2v) is 9.89. The van der Waals surface area contributed by atoms with Gasteiger partial charge in [-0.15, -0.1) is 17.9 Å². The SMILES string of the molecule is C=CCN(CC(=O)N1CCc2sccc2C1c1ccc(F)cc1)C(=O)CC(C)(C)C. The van der Waals surface area contributed by atoms with Gasteiger partial charge in [-0.05, 0) is 46.5 Å². The number of amides is 2. The summed E-state index contributed by atoms with van der Waals surface area (Å²) in [6.45, 7) is 10.7. The number of rotatable bonds is 6. The quantitative estimate of drug-likeness (QED) is 0.620. The van der Waals surface area contributed by atoms with Crippen LogP contribution in [0.3, 0.4) is 0 Å². The molecular formula is C24H29FN2O2S. The van der Waals surface area contributed by atoms with Crippen LogP contribution in [0, 0.1) is 11.2 Å². The lowest BCUT2D eigenvalue weighted by atomic mass is 9.91. The number of carbonyl (C=O) groups excluding carboxylic acids is 2. The average Bonchev–Trinajstić information content (AvgIpc) is 3.15. The van der Waals surface area contributed by atoms with E-state index in [0.29, 0.717) is 19.5 Å². The Hall–Kier alpha value is -2.47. The lowest BCUT2D eigenvalue weighted by Crippen LogP contribution is -2.47. The first kappa shape index (κ1) is 22.2. The van der Waals surface area contributed by atoms with E-state index in [2.05, 4.69) is 6.58 Å². The van der Waals surface area contributed by atoms with Crippen LogP contribution in [0.4, 0.5) is 4.39 Å². The fourth-order valence-corrected chi connectivity index (χ4v) is 4.72. The maximum Gasteiger partial charge on any atom is 0.243 e. The summed E-state index contributed by atoms with van der Waals surface area (Å²) < 4.78 is 13.5. The van der Waals surface area contributed by atoms with E-state index >= 15 is 0 Å². The van der Waals surface area contributed by atoms with Gasteiger partial charge in [0.15, 0.2) is 0 Å². The monoisotopic (exact) mass is 428 g/mol. The summed E-state index contributed by atoms with van der Waals surface area (Å²) in [6.07, 6.45) is 2.80. The summed E-state index contributed by atoms with van der Waals surface area (Å²) in [4.78, 5) is 30.8. The Morgan fingerprint density at radius 2 is 1.97 bits per heavy atom. The lowest BCUT2D eigenvalue weighted by Gasteiger charge is -2.37. The zero-order valence-electron chi connectivity index (χ0n) is 17.9. The first-order valence-electron chi connectivity index (χ1n) is 10.2. The third kappa shape index (κ3) is 5.17. The van der Waals surface area contributed by atoms with Gasteiger partial charge in [-0.1, -0.05) is 39.0 Å². The van der Waals surface area contributed by atoms with Gasteiger partial charge in [0.2, 0.25) is 11.8 Å². The molecule has 1 aliphatic rings. The van der Waals surface area contributed by atoms with Crippen molar-refractivity contribution in [1.82, 2.24) is 9.80 Å². The normalized spacial score (nSPS) is 16.1. The Labute approximate surface area is 182 Å². The molecule has 0 saturated carbocycles. The number of halogens is 1. The zero-order valence-corrected chi connectivity index (χ0v) is 18.7.